The van der Waals surface area contributed by atoms with Crippen molar-refractivity contribution < 1.29 is 0 Å². The van der Waals surface area contributed by atoms with Crippen LogP contribution >= 0.6 is 0 Å². The van der Waals surface area contributed by atoms with Crippen molar-refractivity contribution >= 4 is 0 Å². The molecule has 0 saturated heterocycles. The van der Waals surface area contributed by atoms with Gasteiger partial charge in [-0.2, -0.15) is 5.26 Å². The highest BCUT2D eigenvalue weighted by molar-refractivity contribution is 5.24. The largest absolute Gasteiger partial charge is 0.404 e. The Balaban J connectivity index is 3.52. The minimum Gasteiger partial charge on any atom is -0.404 e. The van der Waals surface area contributed by atoms with Crippen molar-refractivity contribution in [2.45, 2.75) is 0 Å². The first-order chi connectivity index (χ1) is 3.41. The van der Waals surface area contributed by atoms with E-state index in [1.54, 1.807) is 6.07 Å². The number of nitriles is 1. The third-order valence-electron chi connectivity index (χ3n) is 0.308. The number of nitrogens with two attached hydrogens (primary N) is 1. The highest BCUT2D eigenvalue weighted by Crippen LogP contribution is 1.55. The van der Waals surface area contributed by atoms with Crippen molar-refractivity contribution in [2.75, 3.05) is 0 Å². The molecule has 0 heterocycles. The highest BCUT2D eigenvalue weighted by atomic mass is 14.5. The lowest BCUT2D eigenvalue weighted by Gasteiger charge is -1.57. The minimum absolute atomic E-state index is 1.28. The Morgan fingerprint density at radius 1 is 1.57 bits per heavy atom. The average molecular weight is 92.1 g/mol. The van der Waals surface area contributed by atoms with Crippen molar-refractivity contribution in [3.8, 4) is 17.9 Å². The summed E-state index contributed by atoms with van der Waals surface area (Å²) in [5.41, 5.74) is 4.88. The first kappa shape index (κ1) is 5.59. The number of hydrogen-bond acceptors (Lipinski definition) is 2. The summed E-state index contributed by atoms with van der Waals surface area (Å²) in [6.45, 7) is 0. The van der Waals surface area contributed by atoms with Gasteiger partial charge in [0, 0.05) is 18.2 Å². The van der Waals surface area contributed by atoms with Gasteiger partial charge in [-0.05, 0) is 0 Å². The monoisotopic (exact) mass is 92.0 g/mol. The Kier molecular flexibility index (Phi) is 3.67. The van der Waals surface area contributed by atoms with Crippen LogP contribution in [-0.2, 0) is 0 Å². The van der Waals surface area contributed by atoms with Crippen LogP contribution in [0.4, 0.5) is 0 Å². The summed E-state index contributed by atoms with van der Waals surface area (Å²) in [6.07, 6.45) is 2.69. The molecular formula is C5H4N2. The molecule has 0 radical (unpaired) electrons. The second kappa shape index (κ2) is 4.59. The fourth-order valence-corrected chi connectivity index (χ4v) is 0.122. The van der Waals surface area contributed by atoms with Gasteiger partial charge in [0.1, 0.15) is 0 Å². The molecule has 0 aliphatic carbocycles. The molecule has 0 atom stereocenters. The average Bonchev–Trinajstić information content (AvgIpc) is 1.69. The summed E-state index contributed by atoms with van der Waals surface area (Å²) in [5.74, 6) is 4.51. The van der Waals surface area contributed by atoms with E-state index in [2.05, 4.69) is 11.8 Å². The van der Waals surface area contributed by atoms with Crippen molar-refractivity contribution in [3.63, 3.8) is 0 Å². The molecule has 0 aromatic heterocycles. The quantitative estimate of drug-likeness (QED) is 0.427. The molecular weight excluding hydrogens is 88.1 g/mol. The molecule has 0 aliphatic rings. The molecule has 7 heavy (non-hydrogen) atoms. The maximum atomic E-state index is 7.79. The lowest BCUT2D eigenvalue weighted by atomic mass is 10.6. The van der Waals surface area contributed by atoms with Gasteiger partial charge < -0.3 is 5.73 Å². The molecule has 0 spiro atoms. The minimum atomic E-state index is 1.28. The zero-order chi connectivity index (χ0) is 5.54. The SMILES string of the molecule is N#CC#C/C=C/N. The predicted octanol–water partition coefficient (Wildman–Crippen LogP) is -0.0142. The van der Waals surface area contributed by atoms with Gasteiger partial charge in [0.05, 0.1) is 0 Å². The summed E-state index contributed by atoms with van der Waals surface area (Å²) in [4.78, 5) is 0. The van der Waals surface area contributed by atoms with Gasteiger partial charge >= 0.3 is 0 Å². The molecule has 0 saturated carbocycles. The van der Waals surface area contributed by atoms with E-state index in [0.29, 0.717) is 0 Å². The van der Waals surface area contributed by atoms with E-state index in [1.165, 1.54) is 12.3 Å². The summed E-state index contributed by atoms with van der Waals surface area (Å²) in [6, 6.07) is 1.63. The molecule has 2 nitrogen and oxygen atoms in total. The number of allylic oxidation sites excluding steroid dienone is 1. The Labute approximate surface area is 42.2 Å². The Bertz CT molecular complexity index is 151. The van der Waals surface area contributed by atoms with Crippen LogP contribution in [0.25, 0.3) is 0 Å². The normalized spacial score (nSPS) is 6.71. The first-order valence-corrected chi connectivity index (χ1v) is 1.68. The zero-order valence-electron chi connectivity index (χ0n) is 3.68. The van der Waals surface area contributed by atoms with E-state index in [0.717, 1.165) is 0 Å². The Hall–Kier alpha value is -1.41. The van der Waals surface area contributed by atoms with Crippen LogP contribution in [0.15, 0.2) is 12.3 Å². The van der Waals surface area contributed by atoms with E-state index in [1.807, 2.05) is 0 Å². The standard InChI is InChI=1S/C5H4N2/c6-4-2-1-3-5-7/h2,4H,6H2/b4-2+. The second-order valence-corrected chi connectivity index (χ2v) is 0.740. The van der Waals surface area contributed by atoms with Crippen LogP contribution in [0.3, 0.4) is 0 Å². The van der Waals surface area contributed by atoms with E-state index in [-0.39, 0.29) is 0 Å². The third kappa shape index (κ3) is 4.59. The van der Waals surface area contributed by atoms with Crippen molar-refractivity contribution in [1.29, 1.82) is 5.26 Å². The van der Waals surface area contributed by atoms with Gasteiger partial charge in [-0.25, -0.2) is 0 Å². The Morgan fingerprint density at radius 3 is 2.71 bits per heavy atom. The van der Waals surface area contributed by atoms with Gasteiger partial charge in [0.15, 0.2) is 6.07 Å². The summed E-state index contributed by atoms with van der Waals surface area (Å²) < 4.78 is 0. The fourth-order valence-electron chi connectivity index (χ4n) is 0.122. The summed E-state index contributed by atoms with van der Waals surface area (Å²) in [7, 11) is 0. The smallest absolute Gasteiger partial charge is 0.152 e. The third-order valence-corrected chi connectivity index (χ3v) is 0.308. The molecule has 34 valence electrons. The molecule has 2 heteroatoms. The van der Waals surface area contributed by atoms with E-state index >= 15 is 0 Å². The van der Waals surface area contributed by atoms with Crippen LogP contribution < -0.4 is 5.73 Å². The molecule has 0 unspecified atom stereocenters. The fraction of sp³-hybridized carbons (Fsp3) is 0. The molecule has 0 fully saturated rings. The number of nitrogens with zero attached hydrogens (tertiary/aromatic N) is 1. The van der Waals surface area contributed by atoms with Crippen molar-refractivity contribution in [1.82, 2.24) is 0 Å². The van der Waals surface area contributed by atoms with Gasteiger partial charge in [-0.1, -0.05) is 5.92 Å². The topological polar surface area (TPSA) is 49.8 Å². The summed E-state index contributed by atoms with van der Waals surface area (Å²) >= 11 is 0. The highest BCUT2D eigenvalue weighted by Gasteiger charge is 1.50. The first-order valence-electron chi connectivity index (χ1n) is 1.68. The van der Waals surface area contributed by atoms with E-state index < -0.39 is 0 Å². The van der Waals surface area contributed by atoms with Crippen LogP contribution in [0.5, 0.6) is 0 Å². The molecule has 2 N–H and O–H groups in total. The van der Waals surface area contributed by atoms with Gasteiger partial charge in [-0.15, -0.1) is 0 Å². The van der Waals surface area contributed by atoms with E-state index in [4.69, 9.17) is 11.0 Å². The van der Waals surface area contributed by atoms with Gasteiger partial charge in [-0.3, -0.25) is 0 Å². The summed E-state index contributed by atoms with van der Waals surface area (Å²) in [5, 5.41) is 7.79. The second-order valence-electron chi connectivity index (χ2n) is 0.740. The number of hydrogen-bond donors (Lipinski definition) is 1. The maximum absolute atomic E-state index is 7.79. The lowest BCUT2D eigenvalue weighted by molar-refractivity contribution is 1.55. The van der Waals surface area contributed by atoms with Crippen LogP contribution in [0, 0.1) is 23.2 Å². The Morgan fingerprint density at radius 2 is 2.29 bits per heavy atom. The van der Waals surface area contributed by atoms with Crippen LogP contribution in [-0.4, -0.2) is 0 Å². The van der Waals surface area contributed by atoms with Crippen molar-refractivity contribution in [3.05, 3.63) is 12.3 Å². The molecule has 0 bridgehead atoms. The lowest BCUT2D eigenvalue weighted by Crippen LogP contribution is -1.71. The molecule has 0 aliphatic heterocycles. The molecule has 0 rings (SSSR count). The van der Waals surface area contributed by atoms with Crippen LogP contribution in [0.1, 0.15) is 0 Å². The molecule has 0 aromatic rings. The van der Waals surface area contributed by atoms with Gasteiger partial charge in [0.2, 0.25) is 0 Å². The van der Waals surface area contributed by atoms with Gasteiger partial charge in [0.25, 0.3) is 0 Å². The maximum Gasteiger partial charge on any atom is 0.152 e. The zero-order valence-corrected chi connectivity index (χ0v) is 3.68. The number of rotatable bonds is 0. The molecule has 0 aromatic carbocycles. The van der Waals surface area contributed by atoms with Crippen molar-refractivity contribution in [2.24, 2.45) is 5.73 Å². The predicted molar refractivity (Wildman–Crippen MR) is 26.7 cm³/mol. The molecule has 0 amide bonds. The van der Waals surface area contributed by atoms with Crippen LogP contribution in [0.2, 0.25) is 0 Å². The van der Waals surface area contributed by atoms with E-state index in [9.17, 15) is 0 Å².